The summed E-state index contributed by atoms with van der Waals surface area (Å²) in [4.78, 5) is 23.5. The average Bonchev–Trinajstić information content (AvgIpc) is 2.81. The van der Waals surface area contributed by atoms with Crippen LogP contribution in [0, 0.1) is 0 Å². The van der Waals surface area contributed by atoms with Crippen LogP contribution in [0.25, 0.3) is 0 Å². The zero-order chi connectivity index (χ0) is 15.2. The number of carbonyl (C=O) groups is 2. The Balaban J connectivity index is 1.90. The van der Waals surface area contributed by atoms with E-state index in [0.29, 0.717) is 17.8 Å². The zero-order valence-electron chi connectivity index (χ0n) is 10.9. The maximum atomic E-state index is 11.8. The molecule has 0 unspecified atom stereocenters. The summed E-state index contributed by atoms with van der Waals surface area (Å²) in [5, 5.41) is 16.1. The molecule has 2 aromatic rings. The fourth-order valence-electron chi connectivity index (χ4n) is 1.72. The molecule has 1 aromatic heterocycles. The minimum atomic E-state index is -0.904. The highest BCUT2D eigenvalue weighted by Crippen LogP contribution is 2.22. The van der Waals surface area contributed by atoms with Gasteiger partial charge < -0.3 is 15.7 Å². The topological polar surface area (TPSA) is 78.4 Å². The second-order valence-corrected chi connectivity index (χ2v) is 6.13. The van der Waals surface area contributed by atoms with Crippen molar-refractivity contribution in [1.82, 2.24) is 5.32 Å². The van der Waals surface area contributed by atoms with E-state index in [1.807, 2.05) is 11.4 Å². The van der Waals surface area contributed by atoms with Crippen molar-refractivity contribution in [2.45, 2.75) is 13.0 Å². The molecule has 7 heteroatoms. The first kappa shape index (κ1) is 15.5. The summed E-state index contributed by atoms with van der Waals surface area (Å²) in [5.41, 5.74) is 1.21. The fourth-order valence-corrected chi connectivity index (χ4v) is 3.15. The Bertz CT molecular complexity index is 657. The lowest BCUT2D eigenvalue weighted by Gasteiger charge is -2.08. The average molecular weight is 369 g/mol. The first-order valence-corrected chi connectivity index (χ1v) is 7.79. The number of aliphatic carboxylic acids is 1. The van der Waals surface area contributed by atoms with Gasteiger partial charge in [-0.25, -0.2) is 4.79 Å². The molecule has 0 aliphatic rings. The van der Waals surface area contributed by atoms with E-state index in [1.165, 1.54) is 0 Å². The zero-order valence-corrected chi connectivity index (χ0v) is 13.3. The number of hydrogen-bond acceptors (Lipinski definition) is 3. The molecule has 0 saturated carbocycles. The van der Waals surface area contributed by atoms with Gasteiger partial charge in [0.25, 0.3) is 0 Å². The van der Waals surface area contributed by atoms with Gasteiger partial charge in [-0.3, -0.25) is 4.79 Å². The number of carbonyl (C=O) groups excluding carboxylic acids is 1. The Labute approximate surface area is 134 Å². The van der Waals surface area contributed by atoms with Crippen LogP contribution in [0.15, 0.2) is 40.2 Å². The number of halogens is 1. The van der Waals surface area contributed by atoms with Crippen LogP contribution in [0.1, 0.15) is 10.4 Å². The van der Waals surface area contributed by atoms with Gasteiger partial charge in [0.05, 0.1) is 13.0 Å². The summed E-state index contributed by atoms with van der Waals surface area (Å²) < 4.78 is 0.969. The third kappa shape index (κ3) is 4.87. The number of rotatable bonds is 5. The molecule has 0 atom stereocenters. The quantitative estimate of drug-likeness (QED) is 0.755. The minimum Gasteiger partial charge on any atom is -0.481 e. The molecule has 3 N–H and O–H groups in total. The normalized spacial score (nSPS) is 10.1. The molecule has 21 heavy (non-hydrogen) atoms. The van der Waals surface area contributed by atoms with E-state index in [9.17, 15) is 9.59 Å². The van der Waals surface area contributed by atoms with Crippen LogP contribution in [0.4, 0.5) is 10.5 Å². The van der Waals surface area contributed by atoms with Gasteiger partial charge >= 0.3 is 12.0 Å². The summed E-state index contributed by atoms with van der Waals surface area (Å²) >= 11 is 4.95. The van der Waals surface area contributed by atoms with Crippen molar-refractivity contribution in [3.8, 4) is 0 Å². The van der Waals surface area contributed by atoms with Gasteiger partial charge in [-0.15, -0.1) is 11.3 Å². The van der Waals surface area contributed by atoms with Crippen LogP contribution < -0.4 is 10.6 Å². The smallest absolute Gasteiger partial charge is 0.319 e. The maximum Gasteiger partial charge on any atom is 0.319 e. The fraction of sp³-hybridized carbons (Fsp3) is 0.143. The Hall–Kier alpha value is -1.86. The molecule has 0 radical (unpaired) electrons. The van der Waals surface area contributed by atoms with E-state index < -0.39 is 5.97 Å². The van der Waals surface area contributed by atoms with Crippen LogP contribution in [-0.4, -0.2) is 17.1 Å². The number of amides is 2. The largest absolute Gasteiger partial charge is 0.481 e. The molecule has 0 aliphatic heterocycles. The van der Waals surface area contributed by atoms with Crippen LogP contribution >= 0.6 is 27.3 Å². The van der Waals surface area contributed by atoms with Gasteiger partial charge in [0.1, 0.15) is 0 Å². The summed E-state index contributed by atoms with van der Waals surface area (Å²) in [6.45, 7) is 0.429. The van der Waals surface area contributed by atoms with Crippen LogP contribution in [0.3, 0.4) is 0 Å². The van der Waals surface area contributed by atoms with Crippen molar-refractivity contribution in [1.29, 1.82) is 0 Å². The van der Waals surface area contributed by atoms with Crippen molar-refractivity contribution >= 4 is 45.0 Å². The molecule has 0 fully saturated rings. The predicted molar refractivity (Wildman–Crippen MR) is 85.7 cm³/mol. The standard InChI is InChI=1S/C14H13BrN2O3S/c15-11-4-5-21-12(11)8-16-14(20)17-10-3-1-2-9(6-10)7-13(18)19/h1-6H,7-8H2,(H,18,19)(H2,16,17,20). The number of hydrogen-bond donors (Lipinski definition) is 3. The number of urea groups is 1. The van der Waals surface area contributed by atoms with E-state index in [-0.39, 0.29) is 12.5 Å². The number of benzene rings is 1. The molecule has 2 rings (SSSR count). The Kier molecular flexibility index (Phi) is 5.35. The van der Waals surface area contributed by atoms with Crippen molar-refractivity contribution in [3.05, 3.63) is 50.6 Å². The second kappa shape index (κ2) is 7.24. The Morgan fingerprint density at radius 2 is 2.10 bits per heavy atom. The first-order chi connectivity index (χ1) is 10.0. The van der Waals surface area contributed by atoms with Crippen molar-refractivity contribution < 1.29 is 14.7 Å². The van der Waals surface area contributed by atoms with Gasteiger partial charge in [0.2, 0.25) is 0 Å². The molecular formula is C14H13BrN2O3S. The van der Waals surface area contributed by atoms with Gasteiger partial charge in [0, 0.05) is 15.0 Å². The van der Waals surface area contributed by atoms with E-state index in [1.54, 1.807) is 35.6 Å². The highest BCUT2D eigenvalue weighted by atomic mass is 79.9. The number of anilines is 1. The monoisotopic (exact) mass is 368 g/mol. The summed E-state index contributed by atoms with van der Waals surface area (Å²) in [6, 6.07) is 8.38. The van der Waals surface area contributed by atoms with E-state index >= 15 is 0 Å². The molecule has 1 aromatic carbocycles. The van der Waals surface area contributed by atoms with Gasteiger partial charge in [-0.05, 0) is 45.1 Å². The molecular weight excluding hydrogens is 356 g/mol. The van der Waals surface area contributed by atoms with Gasteiger partial charge in [0.15, 0.2) is 0 Å². The minimum absolute atomic E-state index is 0.0702. The second-order valence-electron chi connectivity index (χ2n) is 4.27. The van der Waals surface area contributed by atoms with Crippen molar-refractivity contribution in [3.63, 3.8) is 0 Å². The molecule has 2 amide bonds. The summed E-state index contributed by atoms with van der Waals surface area (Å²) in [5.74, 6) is -0.904. The van der Waals surface area contributed by atoms with Crippen LogP contribution in [-0.2, 0) is 17.8 Å². The number of carboxylic acid groups (broad SMARTS) is 1. The van der Waals surface area contributed by atoms with E-state index in [4.69, 9.17) is 5.11 Å². The number of thiophene rings is 1. The lowest BCUT2D eigenvalue weighted by molar-refractivity contribution is -0.136. The van der Waals surface area contributed by atoms with E-state index in [2.05, 4.69) is 26.6 Å². The third-order valence-electron chi connectivity index (χ3n) is 2.64. The van der Waals surface area contributed by atoms with Crippen LogP contribution in [0.5, 0.6) is 0 Å². The molecule has 0 spiro atoms. The number of carboxylic acids is 1. The molecule has 110 valence electrons. The lowest BCUT2D eigenvalue weighted by Crippen LogP contribution is -2.28. The highest BCUT2D eigenvalue weighted by molar-refractivity contribution is 9.10. The Morgan fingerprint density at radius 3 is 2.76 bits per heavy atom. The Morgan fingerprint density at radius 1 is 1.29 bits per heavy atom. The number of nitrogens with one attached hydrogen (secondary N) is 2. The lowest BCUT2D eigenvalue weighted by atomic mass is 10.1. The molecule has 5 nitrogen and oxygen atoms in total. The summed E-state index contributed by atoms with van der Waals surface area (Å²) in [7, 11) is 0. The molecule has 1 heterocycles. The van der Waals surface area contributed by atoms with Crippen molar-refractivity contribution in [2.24, 2.45) is 0 Å². The SMILES string of the molecule is O=C(O)Cc1cccc(NC(=O)NCc2sccc2Br)c1. The predicted octanol–water partition coefficient (Wildman–Crippen LogP) is 3.46. The van der Waals surface area contributed by atoms with Crippen molar-refractivity contribution in [2.75, 3.05) is 5.32 Å². The third-order valence-corrected chi connectivity index (χ3v) is 4.57. The summed E-state index contributed by atoms with van der Waals surface area (Å²) in [6.07, 6.45) is -0.0702. The maximum absolute atomic E-state index is 11.8. The van der Waals surface area contributed by atoms with Gasteiger partial charge in [-0.2, -0.15) is 0 Å². The van der Waals surface area contributed by atoms with Gasteiger partial charge in [-0.1, -0.05) is 12.1 Å². The highest BCUT2D eigenvalue weighted by Gasteiger charge is 2.06. The molecule has 0 bridgehead atoms. The molecule has 0 saturated heterocycles. The van der Waals surface area contributed by atoms with Crippen LogP contribution in [0.2, 0.25) is 0 Å². The first-order valence-electron chi connectivity index (χ1n) is 6.12. The van der Waals surface area contributed by atoms with E-state index in [0.717, 1.165) is 9.35 Å². The molecule has 0 aliphatic carbocycles.